The van der Waals surface area contributed by atoms with Crippen molar-refractivity contribution in [1.82, 2.24) is 0 Å². The molecular formula is C72H116O6. The van der Waals surface area contributed by atoms with Crippen molar-refractivity contribution in [2.24, 2.45) is 0 Å². The molecule has 0 amide bonds. The summed E-state index contributed by atoms with van der Waals surface area (Å²) >= 11 is 0. The van der Waals surface area contributed by atoms with E-state index < -0.39 is 6.10 Å². The summed E-state index contributed by atoms with van der Waals surface area (Å²) in [5.41, 5.74) is 0. The zero-order valence-electron chi connectivity index (χ0n) is 50.4. The molecule has 0 fully saturated rings. The third-order valence-electron chi connectivity index (χ3n) is 13.1. The summed E-state index contributed by atoms with van der Waals surface area (Å²) in [5, 5.41) is 0. The van der Waals surface area contributed by atoms with Crippen LogP contribution in [0.4, 0.5) is 0 Å². The molecule has 0 saturated heterocycles. The molecule has 0 aromatic rings. The predicted molar refractivity (Wildman–Crippen MR) is 339 cm³/mol. The van der Waals surface area contributed by atoms with Gasteiger partial charge in [0.1, 0.15) is 13.2 Å². The number of carbonyl (C=O) groups excluding carboxylic acids is 3. The van der Waals surface area contributed by atoms with Crippen LogP contribution in [0.2, 0.25) is 0 Å². The van der Waals surface area contributed by atoms with Crippen molar-refractivity contribution in [3.8, 4) is 0 Å². The van der Waals surface area contributed by atoms with E-state index in [2.05, 4.69) is 167 Å². The Morgan fingerprint density at radius 2 is 0.500 bits per heavy atom. The van der Waals surface area contributed by atoms with E-state index >= 15 is 0 Å². The van der Waals surface area contributed by atoms with Crippen molar-refractivity contribution < 1.29 is 28.6 Å². The highest BCUT2D eigenvalue weighted by Gasteiger charge is 2.19. The predicted octanol–water partition coefficient (Wildman–Crippen LogP) is 21.9. The number of hydrogen-bond acceptors (Lipinski definition) is 6. The third-order valence-corrected chi connectivity index (χ3v) is 13.1. The maximum Gasteiger partial charge on any atom is 0.306 e. The number of allylic oxidation sites excluding steroid dienone is 24. The molecule has 440 valence electrons. The zero-order chi connectivity index (χ0) is 56.4. The van der Waals surface area contributed by atoms with Crippen LogP contribution in [-0.2, 0) is 28.6 Å². The van der Waals surface area contributed by atoms with E-state index in [9.17, 15) is 14.4 Å². The summed E-state index contributed by atoms with van der Waals surface area (Å²) in [7, 11) is 0. The molecule has 0 aliphatic heterocycles. The highest BCUT2D eigenvalue weighted by Crippen LogP contribution is 2.14. The largest absolute Gasteiger partial charge is 0.462 e. The van der Waals surface area contributed by atoms with Crippen LogP contribution >= 0.6 is 0 Å². The van der Waals surface area contributed by atoms with E-state index in [1.165, 1.54) is 64.2 Å². The number of unbranched alkanes of at least 4 members (excludes halogenated alkanes) is 21. The standard InChI is InChI=1S/C72H116O6/c1-4-7-10-13-16-19-22-25-28-31-33-35-36-38-39-41-44-47-50-53-56-59-62-65-71(74)77-68-69(67-76-70(73)64-61-58-55-52-49-46-43-30-27-24-21-18-15-12-9-6-3)78-72(75)66-63-60-57-54-51-48-45-42-40-37-34-32-29-26-23-20-17-14-11-8-5-2/h7-8,10-11,16-17,19-21,24-26,28-30,33-35,37-39,43-44,47,69H,4-6,9,12-15,18,22-23,27,31-32,36,40-42,45-46,48-68H2,1-3H3/b10-7-,11-8-,19-16-,20-17-,24-21-,28-25-,29-26-,35-33-,37-34-,39-38-,43-30-,47-44-. The highest BCUT2D eigenvalue weighted by molar-refractivity contribution is 5.71. The topological polar surface area (TPSA) is 78.9 Å². The smallest absolute Gasteiger partial charge is 0.306 e. The van der Waals surface area contributed by atoms with E-state index in [4.69, 9.17) is 14.2 Å². The second-order valence-electron chi connectivity index (χ2n) is 20.5. The van der Waals surface area contributed by atoms with Crippen LogP contribution in [0.3, 0.4) is 0 Å². The molecule has 0 bridgehead atoms. The van der Waals surface area contributed by atoms with Gasteiger partial charge in [0.2, 0.25) is 0 Å². The summed E-state index contributed by atoms with van der Waals surface area (Å²) in [6.45, 7) is 6.36. The molecule has 0 aromatic carbocycles. The normalized spacial score (nSPS) is 13.1. The van der Waals surface area contributed by atoms with Crippen molar-refractivity contribution in [3.05, 3.63) is 146 Å². The minimum atomic E-state index is -0.808. The Morgan fingerprint density at radius 3 is 0.782 bits per heavy atom. The van der Waals surface area contributed by atoms with Gasteiger partial charge in [-0.1, -0.05) is 256 Å². The van der Waals surface area contributed by atoms with Crippen LogP contribution in [0.25, 0.3) is 0 Å². The summed E-state index contributed by atoms with van der Waals surface area (Å²) < 4.78 is 16.9. The molecule has 0 heterocycles. The third kappa shape index (κ3) is 62.1. The van der Waals surface area contributed by atoms with Crippen molar-refractivity contribution in [1.29, 1.82) is 0 Å². The molecule has 78 heavy (non-hydrogen) atoms. The minimum Gasteiger partial charge on any atom is -0.462 e. The fourth-order valence-corrected chi connectivity index (χ4v) is 8.35. The maximum atomic E-state index is 12.9. The molecule has 0 aliphatic rings. The number of carbonyl (C=O) groups is 3. The van der Waals surface area contributed by atoms with E-state index in [0.29, 0.717) is 19.3 Å². The van der Waals surface area contributed by atoms with Crippen molar-refractivity contribution in [2.75, 3.05) is 13.2 Å². The van der Waals surface area contributed by atoms with Crippen LogP contribution in [-0.4, -0.2) is 37.2 Å². The first kappa shape index (κ1) is 73.3. The molecule has 0 aromatic heterocycles. The van der Waals surface area contributed by atoms with Gasteiger partial charge in [-0.05, 0) is 141 Å². The van der Waals surface area contributed by atoms with Crippen molar-refractivity contribution >= 4 is 17.9 Å². The molecule has 1 unspecified atom stereocenters. The van der Waals surface area contributed by atoms with Crippen LogP contribution in [0.5, 0.6) is 0 Å². The molecule has 0 aliphatic carbocycles. The first-order chi connectivity index (χ1) is 38.5. The Labute approximate surface area is 480 Å². The Kier molecular flexibility index (Phi) is 60.9. The number of hydrogen-bond donors (Lipinski definition) is 0. The van der Waals surface area contributed by atoms with Gasteiger partial charge in [-0.25, -0.2) is 0 Å². The van der Waals surface area contributed by atoms with Gasteiger partial charge in [0.05, 0.1) is 0 Å². The Hall–Kier alpha value is -4.71. The van der Waals surface area contributed by atoms with Crippen molar-refractivity contribution in [2.45, 2.75) is 277 Å². The molecule has 1 atom stereocenters. The molecule has 0 spiro atoms. The van der Waals surface area contributed by atoms with Crippen LogP contribution in [0.15, 0.2) is 146 Å². The van der Waals surface area contributed by atoms with Gasteiger partial charge >= 0.3 is 17.9 Å². The van der Waals surface area contributed by atoms with Gasteiger partial charge in [0, 0.05) is 19.3 Å². The van der Waals surface area contributed by atoms with E-state index in [1.807, 2.05) is 0 Å². The SMILES string of the molecule is CC/C=C\C/C=C\C/C=C\C/C=C\C/C=C\C/C=C\CCCCCCC(=O)OCC(COC(=O)CCCCCCC/C=C\C/C=C\CCCCCC)OC(=O)CCCCCCCCCC/C=C\C/C=C\C/C=C\C/C=C\CC. The van der Waals surface area contributed by atoms with E-state index in [-0.39, 0.29) is 31.1 Å². The van der Waals surface area contributed by atoms with Gasteiger partial charge in [0.25, 0.3) is 0 Å². The van der Waals surface area contributed by atoms with Gasteiger partial charge in [-0.3, -0.25) is 14.4 Å². The number of ether oxygens (including phenoxy) is 3. The second-order valence-corrected chi connectivity index (χ2v) is 20.5. The lowest BCUT2D eigenvalue weighted by Gasteiger charge is -2.18. The average Bonchev–Trinajstić information content (AvgIpc) is 3.44. The summed E-state index contributed by atoms with van der Waals surface area (Å²) in [6.07, 6.45) is 92.7. The number of rotatable bonds is 56. The molecule has 0 saturated carbocycles. The van der Waals surface area contributed by atoms with E-state index in [1.54, 1.807) is 0 Å². The minimum absolute atomic E-state index is 0.102. The molecular weight excluding hydrogens is 961 g/mol. The van der Waals surface area contributed by atoms with E-state index in [0.717, 1.165) is 167 Å². The Balaban J connectivity index is 4.49. The lowest BCUT2D eigenvalue weighted by atomic mass is 10.1. The second kappa shape index (κ2) is 64.8. The molecule has 6 heteroatoms. The summed E-state index contributed by atoms with van der Waals surface area (Å²) in [6, 6.07) is 0. The van der Waals surface area contributed by atoms with Gasteiger partial charge in [-0.2, -0.15) is 0 Å². The quantitative estimate of drug-likeness (QED) is 0.0261. The first-order valence-corrected chi connectivity index (χ1v) is 31.8. The Morgan fingerprint density at radius 1 is 0.269 bits per heavy atom. The number of esters is 3. The molecule has 0 N–H and O–H groups in total. The van der Waals surface area contributed by atoms with Gasteiger partial charge < -0.3 is 14.2 Å². The lowest BCUT2D eigenvalue weighted by Crippen LogP contribution is -2.30. The molecule has 0 radical (unpaired) electrons. The van der Waals surface area contributed by atoms with Crippen LogP contribution in [0.1, 0.15) is 271 Å². The summed E-state index contributed by atoms with van der Waals surface area (Å²) in [5.74, 6) is -0.948. The zero-order valence-corrected chi connectivity index (χ0v) is 50.4. The molecule has 6 nitrogen and oxygen atoms in total. The first-order valence-electron chi connectivity index (χ1n) is 31.8. The van der Waals surface area contributed by atoms with Crippen LogP contribution in [0, 0.1) is 0 Å². The highest BCUT2D eigenvalue weighted by atomic mass is 16.6. The summed E-state index contributed by atoms with van der Waals surface area (Å²) in [4.78, 5) is 38.4. The van der Waals surface area contributed by atoms with Gasteiger partial charge in [0.15, 0.2) is 6.10 Å². The molecule has 0 rings (SSSR count). The fourth-order valence-electron chi connectivity index (χ4n) is 8.35. The van der Waals surface area contributed by atoms with Gasteiger partial charge in [-0.15, -0.1) is 0 Å². The average molecular weight is 1080 g/mol. The maximum absolute atomic E-state index is 12.9. The monoisotopic (exact) mass is 1080 g/mol. The lowest BCUT2D eigenvalue weighted by molar-refractivity contribution is -0.167. The Bertz CT molecular complexity index is 1710. The van der Waals surface area contributed by atoms with Crippen molar-refractivity contribution in [3.63, 3.8) is 0 Å². The fraction of sp³-hybridized carbons (Fsp3) is 0.625. The van der Waals surface area contributed by atoms with Crippen LogP contribution < -0.4 is 0 Å².